The van der Waals surface area contributed by atoms with E-state index in [1.165, 1.54) is 0 Å². The highest BCUT2D eigenvalue weighted by Gasteiger charge is 2.32. The second-order valence-corrected chi connectivity index (χ2v) is 8.84. The van der Waals surface area contributed by atoms with Gasteiger partial charge in [0.05, 0.1) is 16.9 Å². The number of carboxylic acids is 2. The number of hydrogen-bond acceptors (Lipinski definition) is 4. The maximum absolute atomic E-state index is 11.6. The summed E-state index contributed by atoms with van der Waals surface area (Å²) in [4.78, 5) is 23.1. The first-order chi connectivity index (χ1) is 12.3. The zero-order chi connectivity index (χ0) is 21.0. The fraction of sp³-hybridized carbons (Fsp3) is 0.619. The van der Waals surface area contributed by atoms with E-state index in [9.17, 15) is 24.9 Å². The van der Waals surface area contributed by atoms with E-state index in [0.717, 1.165) is 11.1 Å². The van der Waals surface area contributed by atoms with E-state index in [4.69, 9.17) is 0 Å². The molecule has 6 nitrogen and oxygen atoms in total. The van der Waals surface area contributed by atoms with E-state index >= 15 is 0 Å². The SMILES string of the molecule is CC(C)NCC(O)c1ccc(CC(C)(C)C(=O)O)c(CC(C)(C)C(=O)O)c1.Cl. The van der Waals surface area contributed by atoms with E-state index in [1.807, 2.05) is 26.0 Å². The van der Waals surface area contributed by atoms with Gasteiger partial charge in [-0.15, -0.1) is 12.4 Å². The van der Waals surface area contributed by atoms with Gasteiger partial charge in [-0.05, 0) is 57.2 Å². The predicted molar refractivity (Wildman–Crippen MR) is 112 cm³/mol. The molecule has 160 valence electrons. The quantitative estimate of drug-likeness (QED) is 0.466. The minimum absolute atomic E-state index is 0. The lowest BCUT2D eigenvalue weighted by atomic mass is 9.79. The highest BCUT2D eigenvalue weighted by molar-refractivity contribution is 5.85. The molecule has 0 saturated carbocycles. The lowest BCUT2D eigenvalue weighted by molar-refractivity contribution is -0.147. The van der Waals surface area contributed by atoms with Gasteiger partial charge in [-0.1, -0.05) is 32.0 Å². The van der Waals surface area contributed by atoms with Crippen LogP contribution in [0.15, 0.2) is 18.2 Å². The van der Waals surface area contributed by atoms with Gasteiger partial charge in [-0.3, -0.25) is 9.59 Å². The molecule has 4 N–H and O–H groups in total. The van der Waals surface area contributed by atoms with Crippen molar-refractivity contribution in [3.8, 4) is 0 Å². The van der Waals surface area contributed by atoms with Gasteiger partial charge in [-0.2, -0.15) is 0 Å². The molecule has 0 aliphatic rings. The van der Waals surface area contributed by atoms with Crippen LogP contribution in [0.1, 0.15) is 64.3 Å². The monoisotopic (exact) mass is 415 g/mol. The van der Waals surface area contributed by atoms with E-state index < -0.39 is 28.9 Å². The number of nitrogens with one attached hydrogen (secondary N) is 1. The normalized spacial score (nSPS) is 13.1. The number of rotatable bonds is 10. The maximum atomic E-state index is 11.6. The average Bonchev–Trinajstić information content (AvgIpc) is 2.53. The Hall–Kier alpha value is -1.63. The van der Waals surface area contributed by atoms with E-state index in [1.54, 1.807) is 33.8 Å². The Kier molecular flexibility index (Phi) is 9.64. The lowest BCUT2D eigenvalue weighted by Gasteiger charge is -2.26. The summed E-state index contributed by atoms with van der Waals surface area (Å²) < 4.78 is 0. The van der Waals surface area contributed by atoms with E-state index in [2.05, 4.69) is 5.32 Å². The molecule has 0 aromatic heterocycles. The van der Waals surface area contributed by atoms with Gasteiger partial charge < -0.3 is 20.6 Å². The van der Waals surface area contributed by atoms with Crippen molar-refractivity contribution in [3.05, 3.63) is 34.9 Å². The van der Waals surface area contributed by atoms with Gasteiger partial charge in [0.2, 0.25) is 0 Å². The molecule has 1 aromatic rings. The summed E-state index contributed by atoms with van der Waals surface area (Å²) in [6.45, 7) is 11.0. The minimum atomic E-state index is -0.998. The van der Waals surface area contributed by atoms with Gasteiger partial charge in [0, 0.05) is 12.6 Å². The minimum Gasteiger partial charge on any atom is -0.481 e. The van der Waals surface area contributed by atoms with Crippen LogP contribution >= 0.6 is 12.4 Å². The molecule has 0 saturated heterocycles. The standard InChI is InChI=1S/C21H33NO5.ClH/c1-13(2)22-12-17(23)14-7-8-15(10-20(3,4)18(24)25)16(9-14)11-21(5,6)19(26)27;/h7-9,13,17,22-23H,10-12H2,1-6H3,(H,24,25)(H,26,27);1H. The van der Waals surface area contributed by atoms with Crippen molar-refractivity contribution in [2.45, 2.75) is 66.5 Å². The van der Waals surface area contributed by atoms with Gasteiger partial charge >= 0.3 is 11.9 Å². The molecule has 1 rings (SSSR count). The van der Waals surface area contributed by atoms with Crippen molar-refractivity contribution in [1.29, 1.82) is 0 Å². The van der Waals surface area contributed by atoms with Gasteiger partial charge in [0.25, 0.3) is 0 Å². The number of aliphatic hydroxyl groups is 1. The van der Waals surface area contributed by atoms with Gasteiger partial charge in [-0.25, -0.2) is 0 Å². The van der Waals surface area contributed by atoms with Crippen LogP contribution in [0.5, 0.6) is 0 Å². The third-order valence-corrected chi connectivity index (χ3v) is 4.76. The van der Waals surface area contributed by atoms with Crippen LogP contribution in [0.4, 0.5) is 0 Å². The number of aliphatic carboxylic acids is 2. The molecule has 1 atom stereocenters. The molecular weight excluding hydrogens is 382 g/mol. The van der Waals surface area contributed by atoms with Crippen molar-refractivity contribution in [2.75, 3.05) is 6.54 Å². The van der Waals surface area contributed by atoms with Gasteiger partial charge in [0.1, 0.15) is 0 Å². The smallest absolute Gasteiger partial charge is 0.309 e. The second-order valence-electron chi connectivity index (χ2n) is 8.84. The molecule has 0 radical (unpaired) electrons. The molecule has 0 heterocycles. The summed E-state index contributed by atoms with van der Waals surface area (Å²) in [6.07, 6.45) is -0.180. The molecule has 7 heteroatoms. The highest BCUT2D eigenvalue weighted by atomic mass is 35.5. The van der Waals surface area contributed by atoms with Crippen molar-refractivity contribution in [2.24, 2.45) is 10.8 Å². The van der Waals surface area contributed by atoms with Crippen LogP contribution in [0.25, 0.3) is 0 Å². The maximum Gasteiger partial charge on any atom is 0.309 e. The topological polar surface area (TPSA) is 107 Å². The Balaban J connectivity index is 0.00000729. The third-order valence-electron chi connectivity index (χ3n) is 4.76. The summed E-state index contributed by atoms with van der Waals surface area (Å²) in [5.74, 6) is -1.82. The average molecular weight is 416 g/mol. The zero-order valence-electron chi connectivity index (χ0n) is 17.6. The molecule has 28 heavy (non-hydrogen) atoms. The summed E-state index contributed by atoms with van der Waals surface area (Å²) in [5, 5.41) is 32.5. The molecular formula is C21H34ClNO5. The number of carboxylic acid groups (broad SMARTS) is 2. The van der Waals surface area contributed by atoms with Crippen LogP contribution in [0, 0.1) is 10.8 Å². The van der Waals surface area contributed by atoms with E-state index in [0.29, 0.717) is 12.1 Å². The Bertz CT molecular complexity index is 685. The largest absolute Gasteiger partial charge is 0.481 e. The van der Waals surface area contributed by atoms with Crippen molar-refractivity contribution < 1.29 is 24.9 Å². The first-order valence-electron chi connectivity index (χ1n) is 9.26. The molecule has 0 spiro atoms. The fourth-order valence-electron chi connectivity index (χ4n) is 2.76. The second kappa shape index (κ2) is 10.2. The van der Waals surface area contributed by atoms with Gasteiger partial charge in [0.15, 0.2) is 0 Å². The summed E-state index contributed by atoms with van der Waals surface area (Å²) in [7, 11) is 0. The van der Waals surface area contributed by atoms with Crippen LogP contribution in [-0.2, 0) is 22.4 Å². The number of hydrogen-bond donors (Lipinski definition) is 4. The first kappa shape index (κ1) is 26.4. The summed E-state index contributed by atoms with van der Waals surface area (Å²) in [5.41, 5.74) is 0.280. The Labute approximate surface area is 173 Å². The number of aliphatic hydroxyl groups excluding tert-OH is 1. The molecule has 0 aliphatic heterocycles. The predicted octanol–water partition coefficient (Wildman–Crippen LogP) is 3.45. The number of halogens is 1. The van der Waals surface area contributed by atoms with Crippen molar-refractivity contribution >= 4 is 24.3 Å². The lowest BCUT2D eigenvalue weighted by Crippen LogP contribution is -2.30. The van der Waals surface area contributed by atoms with Crippen molar-refractivity contribution in [1.82, 2.24) is 5.32 Å². The third kappa shape index (κ3) is 7.41. The summed E-state index contributed by atoms with van der Waals surface area (Å²) in [6, 6.07) is 5.65. The Morgan fingerprint density at radius 3 is 1.86 bits per heavy atom. The van der Waals surface area contributed by atoms with Crippen LogP contribution < -0.4 is 5.32 Å². The van der Waals surface area contributed by atoms with Crippen molar-refractivity contribution in [3.63, 3.8) is 0 Å². The number of carbonyl (C=O) groups is 2. The highest BCUT2D eigenvalue weighted by Crippen LogP contribution is 2.31. The molecule has 0 bridgehead atoms. The fourth-order valence-corrected chi connectivity index (χ4v) is 2.76. The first-order valence-corrected chi connectivity index (χ1v) is 9.26. The molecule has 1 unspecified atom stereocenters. The molecule has 0 fully saturated rings. The molecule has 1 aromatic carbocycles. The van der Waals surface area contributed by atoms with Crippen LogP contribution in [0.2, 0.25) is 0 Å². The Morgan fingerprint density at radius 1 is 0.964 bits per heavy atom. The number of benzene rings is 1. The Morgan fingerprint density at radius 2 is 1.43 bits per heavy atom. The van der Waals surface area contributed by atoms with E-state index in [-0.39, 0.29) is 31.3 Å². The molecule has 0 amide bonds. The summed E-state index contributed by atoms with van der Waals surface area (Å²) >= 11 is 0. The van der Waals surface area contributed by atoms with Crippen LogP contribution in [0.3, 0.4) is 0 Å². The van der Waals surface area contributed by atoms with Crippen LogP contribution in [-0.4, -0.2) is 39.8 Å². The zero-order valence-corrected chi connectivity index (χ0v) is 18.4. The molecule has 0 aliphatic carbocycles.